The summed E-state index contributed by atoms with van der Waals surface area (Å²) in [6, 6.07) is 5.50. The van der Waals surface area contributed by atoms with Crippen LogP contribution in [0.15, 0.2) is 22.7 Å². The van der Waals surface area contributed by atoms with E-state index in [0.717, 1.165) is 17.3 Å². The molecule has 0 bridgehead atoms. The number of nitrogens with two attached hydrogens (primary N) is 1. The van der Waals surface area contributed by atoms with E-state index in [0.29, 0.717) is 10.8 Å². The molecule has 1 amide bonds. The molecule has 0 unspecified atom stereocenters. The van der Waals surface area contributed by atoms with E-state index in [4.69, 9.17) is 16.3 Å². The lowest BCUT2D eigenvalue weighted by atomic mass is 9.79. The van der Waals surface area contributed by atoms with Crippen LogP contribution in [0.3, 0.4) is 0 Å². The standard InChI is InChI=1S/C17H24BrClN2O2/c1-16(2)8-12(9-17(3,4)21-16)20-15(22)10-23-14-6-5-11(18)7-13(14)19/h5-7,12,21H,8-10H2,1-4H3,(H,20,22)/p+1. The third kappa shape index (κ3) is 5.66. The molecule has 0 aromatic heterocycles. The van der Waals surface area contributed by atoms with Gasteiger partial charge in [0, 0.05) is 23.4 Å². The number of nitrogens with one attached hydrogen (secondary N) is 1. The van der Waals surface area contributed by atoms with Gasteiger partial charge in [-0.1, -0.05) is 27.5 Å². The van der Waals surface area contributed by atoms with Gasteiger partial charge in [-0.05, 0) is 45.9 Å². The second kappa shape index (κ2) is 6.99. The van der Waals surface area contributed by atoms with Crippen molar-refractivity contribution in [2.75, 3.05) is 6.61 Å². The zero-order chi connectivity index (χ0) is 17.3. The predicted molar refractivity (Wildman–Crippen MR) is 95.9 cm³/mol. The topological polar surface area (TPSA) is 54.9 Å². The lowest BCUT2D eigenvalue weighted by molar-refractivity contribution is -0.787. The Morgan fingerprint density at radius 3 is 2.52 bits per heavy atom. The highest BCUT2D eigenvalue weighted by molar-refractivity contribution is 9.10. The molecule has 128 valence electrons. The summed E-state index contributed by atoms with van der Waals surface area (Å²) in [5, 5.41) is 5.97. The fourth-order valence-electron chi connectivity index (χ4n) is 3.62. The maximum Gasteiger partial charge on any atom is 0.258 e. The zero-order valence-corrected chi connectivity index (χ0v) is 16.4. The van der Waals surface area contributed by atoms with Crippen molar-refractivity contribution in [2.24, 2.45) is 0 Å². The summed E-state index contributed by atoms with van der Waals surface area (Å²) in [5.74, 6) is 0.408. The number of benzene rings is 1. The molecule has 0 spiro atoms. The predicted octanol–water partition coefficient (Wildman–Crippen LogP) is 2.88. The minimum absolute atomic E-state index is 0.0254. The van der Waals surface area contributed by atoms with E-state index in [1.54, 1.807) is 12.1 Å². The van der Waals surface area contributed by atoms with Crippen LogP contribution < -0.4 is 15.4 Å². The summed E-state index contributed by atoms with van der Waals surface area (Å²) < 4.78 is 6.40. The van der Waals surface area contributed by atoms with Gasteiger partial charge in [-0.2, -0.15) is 0 Å². The number of ether oxygens (including phenoxy) is 1. The van der Waals surface area contributed by atoms with Crippen molar-refractivity contribution < 1.29 is 14.8 Å². The Morgan fingerprint density at radius 2 is 1.96 bits per heavy atom. The molecule has 1 heterocycles. The van der Waals surface area contributed by atoms with Gasteiger partial charge >= 0.3 is 0 Å². The smallest absolute Gasteiger partial charge is 0.258 e. The average molecular weight is 405 g/mol. The van der Waals surface area contributed by atoms with E-state index in [1.807, 2.05) is 6.07 Å². The third-order valence-corrected chi connectivity index (χ3v) is 4.73. The van der Waals surface area contributed by atoms with Crippen LogP contribution in [0.5, 0.6) is 5.75 Å². The van der Waals surface area contributed by atoms with Crippen molar-refractivity contribution in [3.63, 3.8) is 0 Å². The van der Waals surface area contributed by atoms with Gasteiger partial charge in [0.05, 0.1) is 16.1 Å². The maximum absolute atomic E-state index is 12.2. The van der Waals surface area contributed by atoms with Gasteiger partial charge in [0.25, 0.3) is 5.91 Å². The van der Waals surface area contributed by atoms with Gasteiger partial charge in [-0.25, -0.2) is 0 Å². The highest BCUT2D eigenvalue weighted by Crippen LogP contribution is 2.27. The molecule has 1 saturated heterocycles. The lowest BCUT2D eigenvalue weighted by Crippen LogP contribution is -3.06. The van der Waals surface area contributed by atoms with E-state index in [1.165, 1.54) is 0 Å². The Kier molecular flexibility index (Phi) is 5.64. The van der Waals surface area contributed by atoms with Gasteiger partial charge in [0.15, 0.2) is 6.61 Å². The second-order valence-electron chi connectivity index (χ2n) is 7.66. The first-order valence-electron chi connectivity index (χ1n) is 7.81. The number of piperidine rings is 1. The molecular weight excluding hydrogens is 380 g/mol. The first kappa shape index (κ1) is 18.6. The van der Waals surface area contributed by atoms with Crippen molar-refractivity contribution in [2.45, 2.75) is 57.7 Å². The first-order chi connectivity index (χ1) is 10.6. The molecule has 1 aliphatic heterocycles. The summed E-state index contributed by atoms with van der Waals surface area (Å²) in [5.41, 5.74) is 0.241. The Morgan fingerprint density at radius 1 is 1.35 bits per heavy atom. The molecule has 0 atom stereocenters. The van der Waals surface area contributed by atoms with Crippen molar-refractivity contribution >= 4 is 33.4 Å². The Balaban J connectivity index is 1.89. The number of hydrogen-bond donors (Lipinski definition) is 2. The molecule has 0 radical (unpaired) electrons. The summed E-state index contributed by atoms with van der Waals surface area (Å²) in [4.78, 5) is 12.2. The molecule has 1 fully saturated rings. The summed E-state index contributed by atoms with van der Waals surface area (Å²) in [7, 11) is 0. The highest BCUT2D eigenvalue weighted by atomic mass is 79.9. The summed E-state index contributed by atoms with van der Waals surface area (Å²) in [6.07, 6.45) is 1.89. The summed E-state index contributed by atoms with van der Waals surface area (Å²) in [6.45, 7) is 8.83. The Hall–Kier alpha value is -0.780. The molecule has 1 aromatic rings. The lowest BCUT2D eigenvalue weighted by Gasteiger charge is -2.43. The fraction of sp³-hybridized carbons (Fsp3) is 0.588. The number of halogens is 2. The number of carbonyl (C=O) groups excluding carboxylic acids is 1. The summed E-state index contributed by atoms with van der Waals surface area (Å²) >= 11 is 9.43. The molecule has 1 aliphatic rings. The van der Waals surface area contributed by atoms with E-state index >= 15 is 0 Å². The van der Waals surface area contributed by atoms with Crippen LogP contribution in [-0.2, 0) is 4.79 Å². The second-order valence-corrected chi connectivity index (χ2v) is 8.98. The molecule has 23 heavy (non-hydrogen) atoms. The normalized spacial score (nSPS) is 20.1. The molecule has 0 saturated carbocycles. The van der Waals surface area contributed by atoms with Crippen LogP contribution in [0.4, 0.5) is 0 Å². The minimum Gasteiger partial charge on any atom is -0.482 e. The molecule has 3 N–H and O–H groups in total. The minimum atomic E-state index is -0.109. The largest absolute Gasteiger partial charge is 0.482 e. The SMILES string of the molecule is CC1(C)CC(NC(=O)COc2ccc(Br)cc2Cl)CC(C)(C)[NH2+]1. The van der Waals surface area contributed by atoms with Gasteiger partial charge in [-0.3, -0.25) is 4.79 Å². The number of rotatable bonds is 4. The van der Waals surface area contributed by atoms with Crippen molar-refractivity contribution in [1.29, 1.82) is 0 Å². The molecule has 0 aliphatic carbocycles. The fourth-order valence-corrected chi connectivity index (χ4v) is 4.35. The highest BCUT2D eigenvalue weighted by Gasteiger charge is 2.42. The van der Waals surface area contributed by atoms with E-state index in [-0.39, 0.29) is 29.6 Å². The van der Waals surface area contributed by atoms with E-state index < -0.39 is 0 Å². The van der Waals surface area contributed by atoms with Crippen LogP contribution >= 0.6 is 27.5 Å². The number of carbonyl (C=O) groups is 1. The average Bonchev–Trinajstić information content (AvgIpc) is 2.33. The first-order valence-corrected chi connectivity index (χ1v) is 8.98. The number of hydrogen-bond acceptors (Lipinski definition) is 2. The Labute approximate surface area is 151 Å². The molecule has 2 rings (SSSR count). The van der Waals surface area contributed by atoms with E-state index in [9.17, 15) is 4.79 Å². The maximum atomic E-state index is 12.2. The van der Waals surface area contributed by atoms with Gasteiger partial charge in [-0.15, -0.1) is 0 Å². The molecular formula is C17H25BrClN2O2+. The quantitative estimate of drug-likeness (QED) is 0.811. The van der Waals surface area contributed by atoms with Crippen molar-refractivity contribution in [3.8, 4) is 5.75 Å². The van der Waals surface area contributed by atoms with Crippen LogP contribution in [0, 0.1) is 0 Å². The van der Waals surface area contributed by atoms with Crippen molar-refractivity contribution in [1.82, 2.24) is 5.32 Å². The molecule has 6 heteroatoms. The number of amides is 1. The van der Waals surface area contributed by atoms with Crippen LogP contribution in [-0.4, -0.2) is 29.6 Å². The van der Waals surface area contributed by atoms with Crippen LogP contribution in [0.1, 0.15) is 40.5 Å². The third-order valence-electron chi connectivity index (χ3n) is 3.94. The zero-order valence-electron chi connectivity index (χ0n) is 14.1. The van der Waals surface area contributed by atoms with Gasteiger partial charge < -0.3 is 15.4 Å². The van der Waals surface area contributed by atoms with Crippen LogP contribution in [0.2, 0.25) is 5.02 Å². The molecule has 1 aromatic carbocycles. The van der Waals surface area contributed by atoms with E-state index in [2.05, 4.69) is 54.3 Å². The van der Waals surface area contributed by atoms with Crippen LogP contribution in [0.25, 0.3) is 0 Å². The van der Waals surface area contributed by atoms with Gasteiger partial charge in [0.2, 0.25) is 0 Å². The monoisotopic (exact) mass is 403 g/mol. The molecule has 4 nitrogen and oxygen atoms in total. The Bertz CT molecular complexity index is 574. The number of quaternary nitrogens is 1. The van der Waals surface area contributed by atoms with Gasteiger partial charge in [0.1, 0.15) is 5.75 Å². The van der Waals surface area contributed by atoms with Crippen molar-refractivity contribution in [3.05, 3.63) is 27.7 Å².